The monoisotopic (exact) mass is 401 g/mol. The molecule has 6 nitrogen and oxygen atoms in total. The topological polar surface area (TPSA) is 44.6 Å². The molecule has 28 heavy (non-hydrogen) atoms. The van der Waals surface area contributed by atoms with Gasteiger partial charge in [-0.15, -0.1) is 0 Å². The molecular weight excluding hydrogens is 374 g/mol. The summed E-state index contributed by atoms with van der Waals surface area (Å²) in [4.78, 5) is 19.4. The molecule has 1 aromatic carbocycles. The molecule has 1 amide bonds. The SMILES string of the molecule is O=C(CN1CCC(Cn2cccn2)CC1)N1CCN(c2ccc(Cl)cc2)CC1. The van der Waals surface area contributed by atoms with Gasteiger partial charge in [0.05, 0.1) is 6.54 Å². The minimum absolute atomic E-state index is 0.265. The Bertz CT molecular complexity index is 748. The van der Waals surface area contributed by atoms with E-state index in [0.717, 1.165) is 63.7 Å². The lowest BCUT2D eigenvalue weighted by molar-refractivity contribution is -0.133. The molecule has 0 N–H and O–H groups in total. The zero-order valence-electron chi connectivity index (χ0n) is 16.2. The van der Waals surface area contributed by atoms with E-state index >= 15 is 0 Å². The molecule has 0 aliphatic carbocycles. The van der Waals surface area contributed by atoms with E-state index in [4.69, 9.17) is 11.6 Å². The second-order valence-corrected chi connectivity index (χ2v) is 8.23. The Balaban J connectivity index is 1.19. The van der Waals surface area contributed by atoms with Crippen molar-refractivity contribution < 1.29 is 4.79 Å². The summed E-state index contributed by atoms with van der Waals surface area (Å²) in [7, 11) is 0. The van der Waals surface area contributed by atoms with Crippen molar-refractivity contribution in [1.29, 1.82) is 0 Å². The molecule has 1 aromatic heterocycles. The van der Waals surface area contributed by atoms with Crippen molar-refractivity contribution in [3.8, 4) is 0 Å². The third-order valence-corrected chi connectivity index (χ3v) is 6.15. The summed E-state index contributed by atoms with van der Waals surface area (Å²) >= 11 is 5.97. The Hall–Kier alpha value is -2.05. The van der Waals surface area contributed by atoms with Gasteiger partial charge in [0.15, 0.2) is 0 Å². The number of carbonyl (C=O) groups excluding carboxylic acids is 1. The van der Waals surface area contributed by atoms with Crippen molar-refractivity contribution in [2.75, 3.05) is 50.7 Å². The van der Waals surface area contributed by atoms with Gasteiger partial charge in [0, 0.05) is 55.8 Å². The molecule has 0 spiro atoms. The molecule has 150 valence electrons. The van der Waals surface area contributed by atoms with E-state index < -0.39 is 0 Å². The van der Waals surface area contributed by atoms with Crippen LogP contribution in [0.5, 0.6) is 0 Å². The molecule has 0 atom stereocenters. The Morgan fingerprint density at radius 3 is 2.39 bits per heavy atom. The highest BCUT2D eigenvalue weighted by Crippen LogP contribution is 2.21. The number of anilines is 1. The van der Waals surface area contributed by atoms with E-state index in [0.29, 0.717) is 12.5 Å². The van der Waals surface area contributed by atoms with Crippen molar-refractivity contribution in [3.05, 3.63) is 47.7 Å². The number of aromatic nitrogens is 2. The van der Waals surface area contributed by atoms with Crippen molar-refractivity contribution in [2.24, 2.45) is 5.92 Å². The predicted octanol–water partition coefficient (Wildman–Crippen LogP) is 2.60. The molecule has 2 aliphatic heterocycles. The number of piperazine rings is 1. The smallest absolute Gasteiger partial charge is 0.236 e. The Labute approximate surface area is 171 Å². The van der Waals surface area contributed by atoms with Crippen LogP contribution in [0.1, 0.15) is 12.8 Å². The van der Waals surface area contributed by atoms with Gasteiger partial charge in [0.25, 0.3) is 0 Å². The normalized spacial score (nSPS) is 19.2. The zero-order valence-corrected chi connectivity index (χ0v) is 17.0. The Morgan fingerprint density at radius 2 is 1.75 bits per heavy atom. The van der Waals surface area contributed by atoms with Crippen LogP contribution in [0.15, 0.2) is 42.7 Å². The van der Waals surface area contributed by atoms with Gasteiger partial charge >= 0.3 is 0 Å². The van der Waals surface area contributed by atoms with E-state index in [1.807, 2.05) is 52.3 Å². The third-order valence-electron chi connectivity index (χ3n) is 5.89. The zero-order chi connectivity index (χ0) is 19.3. The molecule has 0 unspecified atom stereocenters. The van der Waals surface area contributed by atoms with E-state index in [2.05, 4.69) is 14.9 Å². The van der Waals surface area contributed by atoms with E-state index in [-0.39, 0.29) is 5.91 Å². The van der Waals surface area contributed by atoms with E-state index in [1.54, 1.807) is 0 Å². The average Bonchev–Trinajstić information content (AvgIpc) is 3.23. The highest BCUT2D eigenvalue weighted by molar-refractivity contribution is 6.30. The lowest BCUT2D eigenvalue weighted by atomic mass is 9.97. The molecule has 2 aliphatic rings. The largest absolute Gasteiger partial charge is 0.368 e. The molecule has 2 aromatic rings. The third kappa shape index (κ3) is 4.86. The first-order chi connectivity index (χ1) is 13.7. The van der Waals surface area contributed by atoms with E-state index in [1.165, 1.54) is 5.69 Å². The van der Waals surface area contributed by atoms with Gasteiger partial charge in [0.2, 0.25) is 5.91 Å². The van der Waals surface area contributed by atoms with Crippen LogP contribution in [0.25, 0.3) is 0 Å². The van der Waals surface area contributed by atoms with Gasteiger partial charge in [-0.1, -0.05) is 11.6 Å². The second kappa shape index (κ2) is 8.97. The summed E-state index contributed by atoms with van der Waals surface area (Å²) in [5.41, 5.74) is 1.18. The summed E-state index contributed by atoms with van der Waals surface area (Å²) in [6.07, 6.45) is 6.13. The number of hydrogen-bond donors (Lipinski definition) is 0. The molecule has 0 radical (unpaired) electrons. The molecule has 4 rings (SSSR count). The van der Waals surface area contributed by atoms with Crippen LogP contribution in [-0.2, 0) is 11.3 Å². The second-order valence-electron chi connectivity index (χ2n) is 7.79. The molecule has 2 saturated heterocycles. The summed E-state index contributed by atoms with van der Waals surface area (Å²) in [6.45, 7) is 6.87. The van der Waals surface area contributed by atoms with Gasteiger partial charge in [-0.05, 0) is 62.2 Å². The first-order valence-corrected chi connectivity index (χ1v) is 10.5. The molecular formula is C21H28ClN5O. The maximum absolute atomic E-state index is 12.7. The van der Waals surface area contributed by atoms with Crippen molar-refractivity contribution in [1.82, 2.24) is 19.6 Å². The van der Waals surface area contributed by atoms with Crippen LogP contribution < -0.4 is 4.90 Å². The Morgan fingerprint density at radius 1 is 1.04 bits per heavy atom. The number of likely N-dealkylation sites (tertiary alicyclic amines) is 1. The minimum atomic E-state index is 0.265. The van der Waals surface area contributed by atoms with Crippen LogP contribution in [-0.4, -0.2) is 71.3 Å². The van der Waals surface area contributed by atoms with Crippen LogP contribution in [0.4, 0.5) is 5.69 Å². The number of halogens is 1. The van der Waals surface area contributed by atoms with Gasteiger partial charge in [-0.3, -0.25) is 14.4 Å². The fourth-order valence-electron chi connectivity index (χ4n) is 4.16. The average molecular weight is 402 g/mol. The van der Waals surface area contributed by atoms with Gasteiger partial charge < -0.3 is 9.80 Å². The number of piperidine rings is 1. The lowest BCUT2D eigenvalue weighted by Gasteiger charge is -2.38. The summed E-state index contributed by atoms with van der Waals surface area (Å²) < 4.78 is 2.02. The summed E-state index contributed by atoms with van der Waals surface area (Å²) in [5.74, 6) is 0.926. The summed E-state index contributed by atoms with van der Waals surface area (Å²) in [5, 5.41) is 5.06. The fraction of sp³-hybridized carbons (Fsp3) is 0.524. The predicted molar refractivity (Wildman–Crippen MR) is 112 cm³/mol. The number of rotatable bonds is 5. The first-order valence-electron chi connectivity index (χ1n) is 10.2. The molecule has 0 bridgehead atoms. The standard InChI is InChI=1S/C21H28ClN5O/c22-19-2-4-20(5-3-19)25-12-14-26(15-13-25)21(28)17-24-10-6-18(7-11-24)16-27-9-1-8-23-27/h1-5,8-9,18H,6-7,10-17H2. The maximum atomic E-state index is 12.7. The molecule has 0 saturated carbocycles. The van der Waals surface area contributed by atoms with Crippen LogP contribution in [0, 0.1) is 5.92 Å². The van der Waals surface area contributed by atoms with Gasteiger partial charge in [-0.2, -0.15) is 5.10 Å². The minimum Gasteiger partial charge on any atom is -0.368 e. The van der Waals surface area contributed by atoms with Crippen molar-refractivity contribution in [3.63, 3.8) is 0 Å². The fourth-order valence-corrected chi connectivity index (χ4v) is 4.28. The van der Waals surface area contributed by atoms with Gasteiger partial charge in [-0.25, -0.2) is 0 Å². The van der Waals surface area contributed by atoms with Crippen LogP contribution >= 0.6 is 11.6 Å². The van der Waals surface area contributed by atoms with Crippen molar-refractivity contribution >= 4 is 23.2 Å². The number of amides is 1. The molecule has 3 heterocycles. The highest BCUT2D eigenvalue weighted by Gasteiger charge is 2.25. The van der Waals surface area contributed by atoms with E-state index in [9.17, 15) is 4.79 Å². The quantitative estimate of drug-likeness (QED) is 0.772. The lowest BCUT2D eigenvalue weighted by Crippen LogP contribution is -2.52. The van der Waals surface area contributed by atoms with Crippen molar-refractivity contribution in [2.45, 2.75) is 19.4 Å². The summed E-state index contributed by atoms with van der Waals surface area (Å²) in [6, 6.07) is 9.91. The van der Waals surface area contributed by atoms with Crippen LogP contribution in [0.3, 0.4) is 0 Å². The molecule has 7 heteroatoms. The molecule has 2 fully saturated rings. The number of carbonyl (C=O) groups is 1. The number of hydrogen-bond acceptors (Lipinski definition) is 4. The number of nitrogens with zero attached hydrogens (tertiary/aromatic N) is 5. The first kappa shape index (κ1) is 19.3. The highest BCUT2D eigenvalue weighted by atomic mass is 35.5. The van der Waals surface area contributed by atoms with Crippen LogP contribution in [0.2, 0.25) is 5.02 Å². The maximum Gasteiger partial charge on any atom is 0.236 e. The van der Waals surface area contributed by atoms with Gasteiger partial charge in [0.1, 0.15) is 0 Å². The Kier molecular flexibility index (Phi) is 6.17. The number of benzene rings is 1.